The van der Waals surface area contributed by atoms with Crippen LogP contribution in [0.5, 0.6) is 0 Å². The van der Waals surface area contributed by atoms with Crippen molar-refractivity contribution in [1.82, 2.24) is 10.2 Å². The molecule has 1 unspecified atom stereocenters. The maximum absolute atomic E-state index is 11.6. The zero-order valence-electron chi connectivity index (χ0n) is 12.3. The van der Waals surface area contributed by atoms with Crippen molar-refractivity contribution in [2.24, 2.45) is 0 Å². The van der Waals surface area contributed by atoms with E-state index in [2.05, 4.69) is 29.8 Å². The van der Waals surface area contributed by atoms with Gasteiger partial charge in [0.15, 0.2) is 0 Å². The molecule has 1 aliphatic rings. The van der Waals surface area contributed by atoms with Crippen molar-refractivity contribution in [3.05, 3.63) is 22.4 Å². The van der Waals surface area contributed by atoms with Gasteiger partial charge in [-0.3, -0.25) is 0 Å². The van der Waals surface area contributed by atoms with Gasteiger partial charge in [0.25, 0.3) is 0 Å². The van der Waals surface area contributed by atoms with E-state index in [1.165, 1.54) is 4.88 Å². The zero-order chi connectivity index (χ0) is 14.4. The predicted molar refractivity (Wildman–Crippen MR) is 82.2 cm³/mol. The van der Waals surface area contributed by atoms with Crippen molar-refractivity contribution in [3.8, 4) is 0 Å². The fraction of sp³-hybridized carbons (Fsp3) is 0.667. The quantitative estimate of drug-likeness (QED) is 0.908. The minimum Gasteiger partial charge on any atom is -0.450 e. The second-order valence-corrected chi connectivity index (χ2v) is 6.34. The summed E-state index contributed by atoms with van der Waals surface area (Å²) in [4.78, 5) is 14.9. The molecule has 1 saturated heterocycles. The summed E-state index contributed by atoms with van der Waals surface area (Å²) in [7, 11) is 0. The predicted octanol–water partition coefficient (Wildman–Crippen LogP) is 2.89. The molecule has 2 heterocycles. The molecule has 2 rings (SSSR count). The molecule has 0 aliphatic carbocycles. The lowest BCUT2D eigenvalue weighted by atomic mass is 10.0. The molecule has 0 radical (unpaired) electrons. The van der Waals surface area contributed by atoms with Crippen molar-refractivity contribution < 1.29 is 9.53 Å². The third-order valence-corrected chi connectivity index (χ3v) is 4.53. The number of carbonyl (C=O) groups excluding carboxylic acids is 1. The summed E-state index contributed by atoms with van der Waals surface area (Å²) in [5.74, 6) is 0. The normalized spacial score (nSPS) is 18.0. The van der Waals surface area contributed by atoms with Crippen molar-refractivity contribution >= 4 is 17.4 Å². The minimum atomic E-state index is -0.169. The van der Waals surface area contributed by atoms with Crippen LogP contribution in [0.3, 0.4) is 0 Å². The molecule has 112 valence electrons. The van der Waals surface area contributed by atoms with Crippen LogP contribution >= 0.6 is 11.3 Å². The highest BCUT2D eigenvalue weighted by molar-refractivity contribution is 7.09. The highest BCUT2D eigenvalue weighted by atomic mass is 32.1. The number of amides is 1. The van der Waals surface area contributed by atoms with E-state index in [0.29, 0.717) is 18.7 Å². The molecule has 0 saturated carbocycles. The molecule has 0 bridgehead atoms. The lowest BCUT2D eigenvalue weighted by molar-refractivity contribution is 0.0944. The highest BCUT2D eigenvalue weighted by Gasteiger charge is 2.24. The van der Waals surface area contributed by atoms with E-state index in [4.69, 9.17) is 4.74 Å². The summed E-state index contributed by atoms with van der Waals surface area (Å²) >= 11 is 1.81. The van der Waals surface area contributed by atoms with Crippen LogP contribution in [0.4, 0.5) is 4.79 Å². The Morgan fingerprint density at radius 2 is 2.30 bits per heavy atom. The molecule has 5 heteroatoms. The largest absolute Gasteiger partial charge is 0.450 e. The summed E-state index contributed by atoms with van der Waals surface area (Å²) in [6.45, 7) is 6.12. The number of hydrogen-bond donors (Lipinski definition) is 1. The van der Waals surface area contributed by atoms with Gasteiger partial charge in [0.2, 0.25) is 0 Å². The number of hydrogen-bond acceptors (Lipinski definition) is 4. The Kier molecular flexibility index (Phi) is 5.86. The van der Waals surface area contributed by atoms with E-state index in [1.807, 2.05) is 23.2 Å². The molecule has 1 fully saturated rings. The fourth-order valence-electron chi connectivity index (χ4n) is 2.64. The van der Waals surface area contributed by atoms with Gasteiger partial charge in [-0.05, 0) is 44.6 Å². The van der Waals surface area contributed by atoms with Crippen LogP contribution in [0, 0.1) is 0 Å². The first kappa shape index (κ1) is 15.3. The van der Waals surface area contributed by atoms with Gasteiger partial charge in [-0.1, -0.05) is 6.07 Å². The van der Waals surface area contributed by atoms with Crippen molar-refractivity contribution in [2.75, 3.05) is 19.7 Å². The molecule has 1 aromatic heterocycles. The maximum Gasteiger partial charge on any atom is 0.409 e. The van der Waals surface area contributed by atoms with Crippen molar-refractivity contribution in [1.29, 1.82) is 0 Å². The second kappa shape index (κ2) is 7.64. The Morgan fingerprint density at radius 3 is 2.90 bits per heavy atom. The molecular weight excluding hydrogens is 272 g/mol. The van der Waals surface area contributed by atoms with Crippen LogP contribution in [0.15, 0.2) is 17.5 Å². The molecule has 1 N–H and O–H groups in total. The number of nitrogens with zero attached hydrogens (tertiary/aromatic N) is 1. The molecular formula is C15H24N2O2S. The summed E-state index contributed by atoms with van der Waals surface area (Å²) in [5, 5.41) is 5.80. The van der Waals surface area contributed by atoms with Crippen LogP contribution in [0.1, 0.15) is 31.6 Å². The summed E-state index contributed by atoms with van der Waals surface area (Å²) in [6.07, 6.45) is 2.93. The monoisotopic (exact) mass is 296 g/mol. The highest BCUT2D eigenvalue weighted by Crippen LogP contribution is 2.15. The molecule has 1 aromatic rings. The van der Waals surface area contributed by atoms with Gasteiger partial charge in [0.1, 0.15) is 0 Å². The number of piperidine rings is 1. The number of likely N-dealkylation sites (tertiary alicyclic amines) is 1. The summed E-state index contributed by atoms with van der Waals surface area (Å²) < 4.78 is 5.04. The fourth-order valence-corrected chi connectivity index (χ4v) is 3.47. The summed E-state index contributed by atoms with van der Waals surface area (Å²) in [6, 6.07) is 5.28. The van der Waals surface area contributed by atoms with Gasteiger partial charge in [0.05, 0.1) is 6.61 Å². The first-order valence-corrected chi connectivity index (χ1v) is 8.27. The second-order valence-electron chi connectivity index (χ2n) is 5.31. The topological polar surface area (TPSA) is 41.6 Å². The summed E-state index contributed by atoms with van der Waals surface area (Å²) in [5.41, 5.74) is 0. The Balaban J connectivity index is 1.70. The van der Waals surface area contributed by atoms with Crippen LogP contribution in [0.25, 0.3) is 0 Å². The van der Waals surface area contributed by atoms with Gasteiger partial charge in [-0.15, -0.1) is 11.3 Å². The average Bonchev–Trinajstić information content (AvgIpc) is 2.92. The number of carbonyl (C=O) groups is 1. The van der Waals surface area contributed by atoms with E-state index in [1.54, 1.807) is 0 Å². The van der Waals surface area contributed by atoms with E-state index in [-0.39, 0.29) is 6.09 Å². The van der Waals surface area contributed by atoms with Crippen molar-refractivity contribution in [3.63, 3.8) is 0 Å². The Hall–Kier alpha value is -1.07. The van der Waals surface area contributed by atoms with E-state index in [0.717, 1.165) is 32.4 Å². The number of ether oxygens (including phenoxy) is 1. The van der Waals surface area contributed by atoms with Crippen LogP contribution in [-0.4, -0.2) is 42.8 Å². The van der Waals surface area contributed by atoms with Crippen molar-refractivity contribution in [2.45, 2.75) is 45.2 Å². The molecule has 4 nitrogen and oxygen atoms in total. The first-order valence-electron chi connectivity index (χ1n) is 7.39. The lowest BCUT2D eigenvalue weighted by Gasteiger charge is -2.33. The van der Waals surface area contributed by atoms with Gasteiger partial charge >= 0.3 is 6.09 Å². The molecule has 1 amide bonds. The SMILES string of the molecule is CCOC(=O)N1CCC(NC(C)Cc2cccs2)CC1. The molecule has 0 aromatic carbocycles. The number of thiophene rings is 1. The van der Waals surface area contributed by atoms with Gasteiger partial charge in [-0.2, -0.15) is 0 Å². The van der Waals surface area contributed by atoms with Crippen LogP contribution in [-0.2, 0) is 11.2 Å². The molecule has 1 aliphatic heterocycles. The first-order chi connectivity index (χ1) is 9.69. The zero-order valence-corrected chi connectivity index (χ0v) is 13.1. The minimum absolute atomic E-state index is 0.169. The van der Waals surface area contributed by atoms with E-state index >= 15 is 0 Å². The van der Waals surface area contributed by atoms with E-state index < -0.39 is 0 Å². The third kappa shape index (κ3) is 4.49. The Bertz CT molecular complexity index is 400. The Morgan fingerprint density at radius 1 is 1.55 bits per heavy atom. The Labute approximate surface area is 125 Å². The third-order valence-electron chi connectivity index (χ3n) is 3.63. The van der Waals surface area contributed by atoms with Gasteiger partial charge in [0, 0.05) is 30.1 Å². The molecule has 1 atom stereocenters. The van der Waals surface area contributed by atoms with Crippen LogP contribution < -0.4 is 5.32 Å². The van der Waals surface area contributed by atoms with Crippen LogP contribution in [0.2, 0.25) is 0 Å². The van der Waals surface area contributed by atoms with Gasteiger partial charge < -0.3 is 15.0 Å². The van der Waals surface area contributed by atoms with Gasteiger partial charge in [-0.25, -0.2) is 4.79 Å². The van der Waals surface area contributed by atoms with E-state index in [9.17, 15) is 4.79 Å². The molecule has 20 heavy (non-hydrogen) atoms. The number of rotatable bonds is 5. The molecule has 0 spiro atoms. The maximum atomic E-state index is 11.6. The lowest BCUT2D eigenvalue weighted by Crippen LogP contribution is -2.47. The smallest absolute Gasteiger partial charge is 0.409 e. The standard InChI is InChI=1S/C15H24N2O2S/c1-3-19-15(18)17-8-6-13(7-9-17)16-12(2)11-14-5-4-10-20-14/h4-5,10,12-13,16H,3,6-9,11H2,1-2H3. The number of nitrogens with one attached hydrogen (secondary N) is 1. The average molecular weight is 296 g/mol.